The van der Waals surface area contributed by atoms with Crippen LogP contribution in [-0.2, 0) is 6.61 Å². The van der Waals surface area contributed by atoms with Gasteiger partial charge in [0.1, 0.15) is 12.4 Å². The van der Waals surface area contributed by atoms with E-state index >= 15 is 0 Å². The first-order valence-electron chi connectivity index (χ1n) is 8.85. The van der Waals surface area contributed by atoms with Crippen LogP contribution in [0.4, 0.5) is 0 Å². The van der Waals surface area contributed by atoms with E-state index < -0.39 is 0 Å². The van der Waals surface area contributed by atoms with E-state index in [1.807, 2.05) is 47.4 Å². The summed E-state index contributed by atoms with van der Waals surface area (Å²) in [6.07, 6.45) is 1.71. The van der Waals surface area contributed by atoms with Crippen molar-refractivity contribution in [2.75, 3.05) is 19.7 Å². The number of hydrogen-bond acceptors (Lipinski definition) is 3. The maximum absolute atomic E-state index is 12.9. The van der Waals surface area contributed by atoms with Gasteiger partial charge in [0, 0.05) is 19.7 Å². The number of amides is 1. The third kappa shape index (κ3) is 4.20. The lowest BCUT2D eigenvalue weighted by Crippen LogP contribution is -2.39. The van der Waals surface area contributed by atoms with Crippen molar-refractivity contribution >= 4 is 5.91 Å². The molecule has 1 aliphatic heterocycles. The van der Waals surface area contributed by atoms with Gasteiger partial charge in [-0.3, -0.25) is 4.79 Å². The molecule has 4 heteroatoms. The second-order valence-electron chi connectivity index (χ2n) is 6.63. The first-order chi connectivity index (χ1) is 12.2. The Morgan fingerprint density at radius 2 is 1.80 bits per heavy atom. The van der Waals surface area contributed by atoms with Crippen LogP contribution >= 0.6 is 0 Å². The Morgan fingerprint density at radius 3 is 2.52 bits per heavy atom. The van der Waals surface area contributed by atoms with E-state index in [0.717, 1.165) is 18.4 Å². The lowest BCUT2D eigenvalue weighted by Gasteiger charge is -2.31. The normalized spacial score (nSPS) is 15.2. The number of benzene rings is 2. The zero-order valence-electron chi connectivity index (χ0n) is 14.6. The Balaban J connectivity index is 1.70. The van der Waals surface area contributed by atoms with Gasteiger partial charge in [0.05, 0.1) is 5.56 Å². The van der Waals surface area contributed by atoms with E-state index in [2.05, 4.69) is 13.0 Å². The zero-order chi connectivity index (χ0) is 17.6. The van der Waals surface area contributed by atoms with Crippen LogP contribution in [0, 0.1) is 12.8 Å². The number of ether oxygens (including phenoxy) is 1. The van der Waals surface area contributed by atoms with E-state index in [0.29, 0.717) is 36.9 Å². The highest BCUT2D eigenvalue weighted by Gasteiger charge is 2.25. The minimum atomic E-state index is 0.0109. The summed E-state index contributed by atoms with van der Waals surface area (Å²) in [5.41, 5.74) is 2.91. The summed E-state index contributed by atoms with van der Waals surface area (Å²) < 4.78 is 5.97. The summed E-state index contributed by atoms with van der Waals surface area (Å²) in [4.78, 5) is 14.7. The highest BCUT2D eigenvalue weighted by molar-refractivity contribution is 5.97. The van der Waals surface area contributed by atoms with Gasteiger partial charge in [-0.25, -0.2) is 0 Å². The SMILES string of the molecule is Cc1ccccc1COc1ccccc1C(=O)N1CCC(CO)CC1. The van der Waals surface area contributed by atoms with Crippen LogP contribution in [0.5, 0.6) is 5.75 Å². The van der Waals surface area contributed by atoms with Gasteiger partial charge in [-0.2, -0.15) is 0 Å². The molecule has 0 spiro atoms. The standard InChI is InChI=1S/C21H25NO3/c1-16-6-2-3-7-18(16)15-25-20-9-5-4-8-19(20)21(24)22-12-10-17(14-23)11-13-22/h2-9,17,23H,10-15H2,1H3. The molecule has 2 aromatic carbocycles. The van der Waals surface area contributed by atoms with Crippen LogP contribution in [0.25, 0.3) is 0 Å². The van der Waals surface area contributed by atoms with Gasteiger partial charge in [-0.15, -0.1) is 0 Å². The van der Waals surface area contributed by atoms with Crippen molar-refractivity contribution in [3.8, 4) is 5.75 Å². The van der Waals surface area contributed by atoms with Crippen molar-refractivity contribution in [3.63, 3.8) is 0 Å². The summed E-state index contributed by atoms with van der Waals surface area (Å²) in [6.45, 7) is 4.09. The Morgan fingerprint density at radius 1 is 1.12 bits per heavy atom. The molecule has 3 rings (SSSR count). The van der Waals surface area contributed by atoms with E-state index in [1.54, 1.807) is 0 Å². The van der Waals surface area contributed by atoms with E-state index in [4.69, 9.17) is 4.74 Å². The van der Waals surface area contributed by atoms with Crippen LogP contribution in [0.2, 0.25) is 0 Å². The van der Waals surface area contributed by atoms with E-state index in [1.165, 1.54) is 5.56 Å². The van der Waals surface area contributed by atoms with Crippen molar-refractivity contribution < 1.29 is 14.6 Å². The summed E-state index contributed by atoms with van der Waals surface area (Å²) in [7, 11) is 0. The first kappa shape index (κ1) is 17.5. The highest BCUT2D eigenvalue weighted by atomic mass is 16.5. The molecule has 0 saturated carbocycles. The van der Waals surface area contributed by atoms with Crippen molar-refractivity contribution in [3.05, 3.63) is 65.2 Å². The molecule has 1 fully saturated rings. The quantitative estimate of drug-likeness (QED) is 0.908. The minimum Gasteiger partial charge on any atom is -0.488 e. The lowest BCUT2D eigenvalue weighted by atomic mass is 9.97. The number of rotatable bonds is 5. The van der Waals surface area contributed by atoms with E-state index in [9.17, 15) is 9.90 Å². The van der Waals surface area contributed by atoms with Crippen LogP contribution < -0.4 is 4.74 Å². The smallest absolute Gasteiger partial charge is 0.257 e. The van der Waals surface area contributed by atoms with Gasteiger partial charge in [-0.05, 0) is 48.9 Å². The van der Waals surface area contributed by atoms with Crippen molar-refractivity contribution in [2.24, 2.45) is 5.92 Å². The van der Waals surface area contributed by atoms with Crippen LogP contribution in [0.3, 0.4) is 0 Å². The number of hydrogen-bond donors (Lipinski definition) is 1. The molecule has 1 amide bonds. The summed E-state index contributed by atoms with van der Waals surface area (Å²) in [6, 6.07) is 15.5. The molecule has 0 aliphatic carbocycles. The van der Waals surface area contributed by atoms with Crippen LogP contribution in [-0.4, -0.2) is 35.6 Å². The summed E-state index contributed by atoms with van der Waals surface area (Å²) >= 11 is 0. The van der Waals surface area contributed by atoms with Crippen molar-refractivity contribution in [1.82, 2.24) is 4.90 Å². The maximum atomic E-state index is 12.9. The largest absolute Gasteiger partial charge is 0.488 e. The Bertz CT molecular complexity index is 721. The third-order valence-electron chi connectivity index (χ3n) is 4.92. The Kier molecular flexibility index (Phi) is 5.71. The van der Waals surface area contributed by atoms with Crippen LogP contribution in [0.15, 0.2) is 48.5 Å². The molecule has 25 heavy (non-hydrogen) atoms. The third-order valence-corrected chi connectivity index (χ3v) is 4.92. The molecule has 132 valence electrons. The second-order valence-corrected chi connectivity index (χ2v) is 6.63. The minimum absolute atomic E-state index is 0.0109. The van der Waals surface area contributed by atoms with Crippen LogP contribution in [0.1, 0.15) is 34.3 Å². The maximum Gasteiger partial charge on any atom is 0.257 e. The number of nitrogens with zero attached hydrogens (tertiary/aromatic N) is 1. The number of carbonyl (C=O) groups is 1. The molecule has 4 nitrogen and oxygen atoms in total. The fourth-order valence-corrected chi connectivity index (χ4v) is 3.19. The van der Waals surface area contributed by atoms with Gasteiger partial charge < -0.3 is 14.7 Å². The average Bonchev–Trinajstić information content (AvgIpc) is 2.67. The second kappa shape index (κ2) is 8.17. The summed E-state index contributed by atoms with van der Waals surface area (Å²) in [5, 5.41) is 9.25. The van der Waals surface area contributed by atoms with Gasteiger partial charge in [0.25, 0.3) is 5.91 Å². The number of piperidine rings is 1. The monoisotopic (exact) mass is 339 g/mol. The predicted octanol–water partition coefficient (Wildman–Crippen LogP) is 3.42. The van der Waals surface area contributed by atoms with Gasteiger partial charge in [-0.1, -0.05) is 36.4 Å². The molecule has 0 unspecified atom stereocenters. The Hall–Kier alpha value is -2.33. The number of aliphatic hydroxyl groups excluding tert-OH is 1. The predicted molar refractivity (Wildman–Crippen MR) is 97.7 cm³/mol. The molecule has 0 bridgehead atoms. The fourth-order valence-electron chi connectivity index (χ4n) is 3.19. The summed E-state index contributed by atoms with van der Waals surface area (Å²) in [5.74, 6) is 0.952. The van der Waals surface area contributed by atoms with Gasteiger partial charge in [0.2, 0.25) is 0 Å². The fraction of sp³-hybridized carbons (Fsp3) is 0.381. The Labute approximate surface area is 149 Å². The van der Waals surface area contributed by atoms with Gasteiger partial charge in [0.15, 0.2) is 0 Å². The first-order valence-corrected chi connectivity index (χ1v) is 8.85. The number of para-hydroxylation sites is 1. The number of aryl methyl sites for hydroxylation is 1. The van der Waals surface area contributed by atoms with E-state index in [-0.39, 0.29) is 12.5 Å². The number of carbonyl (C=O) groups excluding carboxylic acids is 1. The molecule has 1 aliphatic rings. The highest BCUT2D eigenvalue weighted by Crippen LogP contribution is 2.24. The van der Waals surface area contributed by atoms with Crippen molar-refractivity contribution in [1.29, 1.82) is 0 Å². The molecule has 0 atom stereocenters. The molecule has 0 aromatic heterocycles. The molecule has 1 saturated heterocycles. The topological polar surface area (TPSA) is 49.8 Å². The molecular weight excluding hydrogens is 314 g/mol. The molecule has 1 heterocycles. The molecule has 1 N–H and O–H groups in total. The molecular formula is C21H25NO3. The van der Waals surface area contributed by atoms with Crippen molar-refractivity contribution in [2.45, 2.75) is 26.4 Å². The molecule has 2 aromatic rings. The lowest BCUT2D eigenvalue weighted by molar-refractivity contribution is 0.0646. The number of likely N-dealkylation sites (tertiary alicyclic amines) is 1. The number of aliphatic hydroxyl groups is 1. The zero-order valence-corrected chi connectivity index (χ0v) is 14.6. The molecule has 0 radical (unpaired) electrons. The van der Waals surface area contributed by atoms with Gasteiger partial charge >= 0.3 is 0 Å². The average molecular weight is 339 g/mol.